The highest BCUT2D eigenvalue weighted by atomic mass is 35.5. The van der Waals surface area contributed by atoms with Gasteiger partial charge in [-0.1, -0.05) is 23.7 Å². The molecule has 1 saturated heterocycles. The van der Waals surface area contributed by atoms with Crippen LogP contribution in [0.4, 0.5) is 16.2 Å². The van der Waals surface area contributed by atoms with Gasteiger partial charge in [0.05, 0.1) is 30.8 Å². The van der Waals surface area contributed by atoms with Crippen molar-refractivity contribution in [1.29, 1.82) is 0 Å². The van der Waals surface area contributed by atoms with Gasteiger partial charge >= 0.3 is 12.0 Å². The molecule has 0 spiro atoms. The third-order valence-electron chi connectivity index (χ3n) is 5.35. The van der Waals surface area contributed by atoms with E-state index in [0.717, 1.165) is 9.78 Å². The lowest BCUT2D eigenvalue weighted by Gasteiger charge is -2.21. The first-order chi connectivity index (χ1) is 16.9. The van der Waals surface area contributed by atoms with E-state index >= 15 is 0 Å². The number of carbonyl (C=O) groups is 4. The molecule has 0 radical (unpaired) electrons. The van der Waals surface area contributed by atoms with E-state index in [2.05, 4.69) is 5.32 Å². The number of hydrogen-bond acceptors (Lipinski definition) is 6. The smallest absolute Gasteiger partial charge is 0.338 e. The van der Waals surface area contributed by atoms with Crippen molar-refractivity contribution < 1.29 is 23.9 Å². The van der Waals surface area contributed by atoms with Gasteiger partial charge in [-0.3, -0.25) is 9.59 Å². The van der Waals surface area contributed by atoms with E-state index in [1.807, 2.05) is 17.5 Å². The van der Waals surface area contributed by atoms with Gasteiger partial charge in [0.25, 0.3) is 5.91 Å². The summed E-state index contributed by atoms with van der Waals surface area (Å²) in [6.45, 7) is 2.14. The highest BCUT2D eigenvalue weighted by molar-refractivity contribution is 7.09. The molecule has 0 bridgehead atoms. The number of hydrogen-bond donors (Lipinski definition) is 1. The summed E-state index contributed by atoms with van der Waals surface area (Å²) in [4.78, 5) is 54.9. The van der Waals surface area contributed by atoms with Crippen LogP contribution in [0.25, 0.3) is 0 Å². The van der Waals surface area contributed by atoms with Gasteiger partial charge in [-0.2, -0.15) is 0 Å². The number of anilines is 2. The van der Waals surface area contributed by atoms with Gasteiger partial charge in [0, 0.05) is 15.6 Å². The number of nitrogens with zero attached hydrogens (tertiary/aromatic N) is 2. The number of benzene rings is 2. The van der Waals surface area contributed by atoms with Crippen LogP contribution < -0.4 is 10.2 Å². The fourth-order valence-corrected chi connectivity index (χ4v) is 4.57. The Morgan fingerprint density at radius 2 is 1.86 bits per heavy atom. The van der Waals surface area contributed by atoms with E-state index in [9.17, 15) is 19.2 Å². The van der Waals surface area contributed by atoms with E-state index in [4.69, 9.17) is 16.3 Å². The topological polar surface area (TPSA) is 96.0 Å². The number of amides is 4. The molecule has 1 N–H and O–H groups in total. The molecule has 1 aliphatic heterocycles. The van der Waals surface area contributed by atoms with Crippen LogP contribution in [0.2, 0.25) is 5.02 Å². The molecular weight excluding hydrogens is 490 g/mol. The predicted octanol–water partition coefficient (Wildman–Crippen LogP) is 4.94. The average molecular weight is 512 g/mol. The minimum atomic E-state index is -0.992. The summed E-state index contributed by atoms with van der Waals surface area (Å²) in [6, 6.07) is 14.9. The van der Waals surface area contributed by atoms with Crippen LogP contribution in [-0.2, 0) is 20.9 Å². The van der Waals surface area contributed by atoms with Crippen molar-refractivity contribution >= 4 is 58.1 Å². The lowest BCUT2D eigenvalue weighted by atomic mass is 10.1. The lowest BCUT2D eigenvalue weighted by Crippen LogP contribution is -2.37. The van der Waals surface area contributed by atoms with Crippen molar-refractivity contribution in [2.45, 2.75) is 25.9 Å². The van der Waals surface area contributed by atoms with Gasteiger partial charge in [-0.25, -0.2) is 14.5 Å². The number of thiophene rings is 1. The first-order valence-corrected chi connectivity index (χ1v) is 12.1. The maximum absolute atomic E-state index is 13.3. The molecule has 0 unspecified atom stereocenters. The van der Waals surface area contributed by atoms with Gasteiger partial charge in [0.2, 0.25) is 5.91 Å². The number of urea groups is 1. The molecule has 1 aromatic heterocycles. The Bertz CT molecular complexity index is 1250. The Morgan fingerprint density at radius 3 is 2.54 bits per heavy atom. The third kappa shape index (κ3) is 5.52. The predicted molar refractivity (Wildman–Crippen MR) is 134 cm³/mol. The Morgan fingerprint density at radius 1 is 1.09 bits per heavy atom. The van der Waals surface area contributed by atoms with Crippen molar-refractivity contribution in [3.63, 3.8) is 0 Å². The molecule has 1 aliphatic rings. The number of carbonyl (C=O) groups excluding carboxylic acids is 4. The largest absolute Gasteiger partial charge is 0.462 e. The van der Waals surface area contributed by atoms with Gasteiger partial charge in [0.1, 0.15) is 6.04 Å². The van der Waals surface area contributed by atoms with E-state index in [1.165, 1.54) is 22.3 Å². The molecule has 35 heavy (non-hydrogen) atoms. The highest BCUT2D eigenvalue weighted by Crippen LogP contribution is 2.30. The normalized spacial score (nSPS) is 15.4. The van der Waals surface area contributed by atoms with Gasteiger partial charge in [-0.05, 0) is 60.8 Å². The maximum atomic E-state index is 13.3. The second kappa shape index (κ2) is 10.7. The quantitative estimate of drug-likeness (QED) is 0.341. The summed E-state index contributed by atoms with van der Waals surface area (Å²) in [5.41, 5.74) is 1.06. The summed E-state index contributed by atoms with van der Waals surface area (Å²) in [5, 5.41) is 5.07. The molecule has 1 atom stereocenters. The van der Waals surface area contributed by atoms with Gasteiger partial charge in [0.15, 0.2) is 0 Å². The van der Waals surface area contributed by atoms with Crippen molar-refractivity contribution in [2.75, 3.05) is 16.8 Å². The van der Waals surface area contributed by atoms with Crippen molar-refractivity contribution in [1.82, 2.24) is 4.90 Å². The number of halogens is 1. The zero-order valence-electron chi connectivity index (χ0n) is 18.8. The summed E-state index contributed by atoms with van der Waals surface area (Å²) < 4.78 is 4.99. The number of imide groups is 1. The summed E-state index contributed by atoms with van der Waals surface area (Å²) in [5.74, 6) is -1.46. The average Bonchev–Trinajstić information content (AvgIpc) is 3.43. The Kier molecular flexibility index (Phi) is 7.48. The molecule has 2 aromatic carbocycles. The fraction of sp³-hybridized carbons (Fsp3) is 0.200. The monoisotopic (exact) mass is 511 g/mol. The van der Waals surface area contributed by atoms with Crippen molar-refractivity contribution in [2.24, 2.45) is 0 Å². The van der Waals surface area contributed by atoms with Crippen molar-refractivity contribution in [3.8, 4) is 0 Å². The molecule has 180 valence electrons. The molecule has 8 nitrogen and oxygen atoms in total. The first-order valence-electron chi connectivity index (χ1n) is 10.9. The Hall–Kier alpha value is -3.69. The van der Waals surface area contributed by atoms with Crippen LogP contribution in [0.1, 0.15) is 28.6 Å². The van der Waals surface area contributed by atoms with E-state index < -0.39 is 29.9 Å². The molecule has 4 amide bonds. The number of nitrogens with one attached hydrogen (secondary N) is 1. The highest BCUT2D eigenvalue weighted by Gasteiger charge is 2.46. The van der Waals surface area contributed by atoms with E-state index in [0.29, 0.717) is 22.0 Å². The first kappa shape index (κ1) is 24.4. The van der Waals surface area contributed by atoms with Crippen LogP contribution in [0.15, 0.2) is 66.0 Å². The van der Waals surface area contributed by atoms with E-state index in [-0.39, 0.29) is 19.6 Å². The Labute approximate surface area is 211 Å². The zero-order chi connectivity index (χ0) is 24.9. The van der Waals surface area contributed by atoms with Crippen LogP contribution in [0, 0.1) is 0 Å². The summed E-state index contributed by atoms with van der Waals surface area (Å²) in [7, 11) is 0. The van der Waals surface area contributed by atoms with Crippen LogP contribution in [0.5, 0.6) is 0 Å². The number of rotatable bonds is 8. The third-order valence-corrected chi connectivity index (χ3v) is 6.46. The maximum Gasteiger partial charge on any atom is 0.338 e. The van der Waals surface area contributed by atoms with Crippen LogP contribution in [0.3, 0.4) is 0 Å². The minimum Gasteiger partial charge on any atom is -0.462 e. The summed E-state index contributed by atoms with van der Waals surface area (Å²) >= 11 is 7.42. The molecule has 10 heteroatoms. The standard InChI is InChI=1S/C25H22ClN3O5S/c1-2-34-24(32)16-5-3-6-18(13-16)27-22(30)14-21-23(31)29(19-10-8-17(26)9-11-19)25(33)28(21)15-20-7-4-12-35-20/h3-13,21H,2,14-15H2,1H3,(H,27,30)/t21-/m1/s1. The molecule has 2 heterocycles. The molecule has 4 rings (SSSR count). The molecular formula is C25H22ClN3O5S. The molecule has 1 fully saturated rings. The number of esters is 1. The lowest BCUT2D eigenvalue weighted by molar-refractivity contribution is -0.124. The van der Waals surface area contributed by atoms with Crippen LogP contribution >= 0.6 is 22.9 Å². The van der Waals surface area contributed by atoms with Gasteiger partial charge < -0.3 is 15.0 Å². The summed E-state index contributed by atoms with van der Waals surface area (Å²) in [6.07, 6.45) is -0.246. The van der Waals surface area contributed by atoms with E-state index in [1.54, 1.807) is 49.4 Å². The Balaban J connectivity index is 1.54. The molecule has 3 aromatic rings. The second-order valence-electron chi connectivity index (χ2n) is 7.71. The van der Waals surface area contributed by atoms with Crippen molar-refractivity contribution in [3.05, 3.63) is 81.5 Å². The molecule has 0 aliphatic carbocycles. The molecule has 0 saturated carbocycles. The minimum absolute atomic E-state index is 0.197. The second-order valence-corrected chi connectivity index (χ2v) is 9.18. The number of ether oxygens (including phenoxy) is 1. The van der Waals surface area contributed by atoms with Crippen LogP contribution in [-0.4, -0.2) is 41.4 Å². The van der Waals surface area contributed by atoms with Gasteiger partial charge in [-0.15, -0.1) is 11.3 Å². The zero-order valence-corrected chi connectivity index (χ0v) is 20.3. The fourth-order valence-electron chi connectivity index (χ4n) is 3.74. The SMILES string of the molecule is CCOC(=O)c1cccc(NC(=O)C[C@@H]2C(=O)N(c3ccc(Cl)cc3)C(=O)N2Cc2cccs2)c1.